The molecule has 0 aliphatic carbocycles. The van der Waals surface area contributed by atoms with Gasteiger partial charge < -0.3 is 65.7 Å². The molecule has 6 aromatic heterocycles. The third-order valence-electron chi connectivity index (χ3n) is 9.01. The van der Waals surface area contributed by atoms with E-state index in [1.54, 1.807) is 0 Å². The monoisotopic (exact) mass is 867 g/mol. The van der Waals surface area contributed by atoms with E-state index in [0.717, 1.165) is 101 Å². The van der Waals surface area contributed by atoms with Crippen LogP contribution in [0, 0.1) is 0 Å². The maximum absolute atomic E-state index is 4.53. The van der Waals surface area contributed by atoms with Crippen LogP contribution in [0.3, 0.4) is 0 Å². The molecular weight excluding hydrogens is 834 g/mol. The van der Waals surface area contributed by atoms with Crippen LogP contribution in [0.2, 0.25) is 0 Å². The molecule has 0 spiro atoms. The zero-order valence-corrected chi connectivity index (χ0v) is 33.2. The summed E-state index contributed by atoms with van der Waals surface area (Å²) in [6.07, 6.45) is 0. The summed E-state index contributed by atoms with van der Waals surface area (Å²) in [5.41, 5.74) is 11.8. The van der Waals surface area contributed by atoms with Crippen molar-refractivity contribution in [1.29, 1.82) is 0 Å². The van der Waals surface area contributed by atoms with E-state index < -0.39 is 0 Å². The maximum atomic E-state index is 4.53. The van der Waals surface area contributed by atoms with Gasteiger partial charge in [0.2, 0.25) is 0 Å². The first-order valence-electron chi connectivity index (χ1n) is 17.4. The van der Waals surface area contributed by atoms with E-state index in [9.17, 15) is 0 Å². The summed E-state index contributed by atoms with van der Waals surface area (Å²) < 4.78 is 0. The van der Waals surface area contributed by atoms with Crippen molar-refractivity contribution in [2.75, 3.05) is 0 Å². The Bertz CT molecular complexity index is 2480. The Hall–Kier alpha value is -6.85. The van der Waals surface area contributed by atoms with Crippen molar-refractivity contribution in [2.45, 2.75) is 0 Å². The van der Waals surface area contributed by atoms with Crippen molar-refractivity contribution in [1.82, 2.24) is 59.8 Å². The number of hydrogen-bond acceptors (Lipinski definition) is 6. The van der Waals surface area contributed by atoms with Crippen molar-refractivity contribution in [3.8, 4) is 34.9 Å². The summed E-state index contributed by atoms with van der Waals surface area (Å²) in [5.74, 6) is 4.62. The van der Waals surface area contributed by atoms with E-state index in [2.05, 4.69) is 59.8 Å². The molecule has 0 fully saturated rings. The minimum absolute atomic E-state index is 0. The molecule has 17 heteroatoms. The predicted octanol–water partition coefficient (Wildman–Crippen LogP) is 1.67. The standard InChI is InChI=1S/3C14H10N4.2ClH.Co.2H2O/c3*1-2-6-10-9(5-1)15-13(16-10)14-17-11-7-3-4-8-12(11)18-14;;;;;/h3*1-8H,(H,15,16)(H,17,18);2*1H;;2*1H2/q;;;;;+2;;/p-2. The van der Waals surface area contributed by atoms with Gasteiger partial charge in [-0.2, -0.15) is 0 Å². The fourth-order valence-electron chi connectivity index (χ4n) is 6.39. The molecule has 297 valence electrons. The zero-order chi connectivity index (χ0) is 35.8. The van der Waals surface area contributed by atoms with Gasteiger partial charge in [0, 0.05) is 0 Å². The first-order valence-corrected chi connectivity index (χ1v) is 17.4. The second-order valence-electron chi connectivity index (χ2n) is 12.6. The van der Waals surface area contributed by atoms with Gasteiger partial charge in [0.25, 0.3) is 0 Å². The van der Waals surface area contributed by atoms with Crippen molar-refractivity contribution in [3.63, 3.8) is 0 Å². The molecule has 14 nitrogen and oxygen atoms in total. The number of hydrogen-bond donors (Lipinski definition) is 6. The first-order chi connectivity index (χ1) is 26.7. The Balaban J connectivity index is 0.000000161. The molecule has 0 saturated heterocycles. The molecule has 6 aromatic carbocycles. The average molecular weight is 869 g/mol. The molecule has 10 N–H and O–H groups in total. The van der Waals surface area contributed by atoms with Gasteiger partial charge >= 0.3 is 16.8 Å². The molecule has 0 atom stereocenters. The largest absolute Gasteiger partial charge is 2.00 e. The normalized spacial score (nSPS) is 10.4. The van der Waals surface area contributed by atoms with Gasteiger partial charge in [0.05, 0.1) is 66.2 Å². The second-order valence-corrected chi connectivity index (χ2v) is 12.6. The van der Waals surface area contributed by atoms with E-state index in [4.69, 9.17) is 0 Å². The molecule has 0 aliphatic rings. The Morgan fingerprint density at radius 2 is 0.373 bits per heavy atom. The molecule has 0 unspecified atom stereocenters. The summed E-state index contributed by atoms with van der Waals surface area (Å²) >= 11 is 0. The second kappa shape index (κ2) is 18.6. The molecule has 1 radical (unpaired) electrons. The van der Waals surface area contributed by atoms with Gasteiger partial charge in [-0.15, -0.1) is 0 Å². The van der Waals surface area contributed by atoms with Crippen LogP contribution in [0.15, 0.2) is 146 Å². The quantitative estimate of drug-likeness (QED) is 0.155. The van der Waals surface area contributed by atoms with Crippen molar-refractivity contribution in [3.05, 3.63) is 146 Å². The Morgan fingerprint density at radius 1 is 0.237 bits per heavy atom. The minimum atomic E-state index is 0. The number of para-hydroxylation sites is 12. The van der Waals surface area contributed by atoms with Crippen LogP contribution in [0.25, 0.3) is 101 Å². The third-order valence-corrected chi connectivity index (χ3v) is 9.01. The number of fused-ring (bicyclic) bond motifs is 6. The summed E-state index contributed by atoms with van der Waals surface area (Å²) in [7, 11) is 0. The first kappa shape index (κ1) is 43.3. The van der Waals surface area contributed by atoms with Crippen LogP contribution in [0.5, 0.6) is 0 Å². The van der Waals surface area contributed by atoms with Crippen molar-refractivity contribution < 1.29 is 52.5 Å². The van der Waals surface area contributed by atoms with Gasteiger partial charge in [-0.1, -0.05) is 72.8 Å². The van der Waals surface area contributed by atoms with Gasteiger partial charge in [0.15, 0.2) is 34.9 Å². The van der Waals surface area contributed by atoms with Crippen LogP contribution in [0.4, 0.5) is 0 Å². The van der Waals surface area contributed by atoms with Crippen LogP contribution in [-0.4, -0.2) is 70.8 Å². The van der Waals surface area contributed by atoms with Gasteiger partial charge in [0.1, 0.15) is 0 Å². The van der Waals surface area contributed by atoms with Crippen molar-refractivity contribution >= 4 is 66.2 Å². The van der Waals surface area contributed by atoms with Gasteiger partial charge in [-0.3, -0.25) is 0 Å². The zero-order valence-electron chi connectivity index (χ0n) is 30.6. The SMILES string of the molecule is O.O.[Cl-].[Cl-].[Co+2].c1ccc2[nH]c(-c3nc4ccccc4[nH]3)nc2c1.c1ccc2[nH]c(-c3nc4ccccc4[nH]3)nc2c1.c1ccc2[nH]c(-c3nc4ccccc4[nH]3)nc2c1. The van der Waals surface area contributed by atoms with E-state index in [1.165, 1.54) is 0 Å². The van der Waals surface area contributed by atoms with Crippen LogP contribution in [-0.2, 0) is 16.8 Å². The molecule has 6 heterocycles. The number of benzene rings is 6. The topological polar surface area (TPSA) is 235 Å². The van der Waals surface area contributed by atoms with Crippen LogP contribution in [0.1, 0.15) is 0 Å². The Kier molecular flexibility index (Phi) is 13.6. The Morgan fingerprint density at radius 3 is 0.508 bits per heavy atom. The number of aromatic nitrogens is 12. The van der Waals surface area contributed by atoms with E-state index in [0.29, 0.717) is 0 Å². The molecule has 12 rings (SSSR count). The third kappa shape index (κ3) is 8.70. The smallest absolute Gasteiger partial charge is 1.00 e. The number of imidazole rings is 6. The number of nitrogens with one attached hydrogen (secondary N) is 6. The van der Waals surface area contributed by atoms with Gasteiger partial charge in [-0.05, 0) is 72.8 Å². The summed E-state index contributed by atoms with van der Waals surface area (Å²) in [4.78, 5) is 46.8. The van der Waals surface area contributed by atoms with Gasteiger partial charge in [-0.25, -0.2) is 29.9 Å². The molecule has 0 saturated carbocycles. The maximum Gasteiger partial charge on any atom is 2.00 e. The average Bonchev–Trinajstić information content (AvgIpc) is 4.07. The predicted molar refractivity (Wildman–Crippen MR) is 221 cm³/mol. The van der Waals surface area contributed by atoms with Crippen molar-refractivity contribution in [2.24, 2.45) is 0 Å². The minimum Gasteiger partial charge on any atom is -1.00 e. The number of nitrogens with zero attached hydrogens (tertiary/aromatic N) is 6. The number of halogens is 2. The fraction of sp³-hybridized carbons (Fsp3) is 0. The molecule has 0 bridgehead atoms. The number of H-pyrrole nitrogens is 6. The molecule has 12 aromatic rings. The molecular formula is C42H34Cl2CoN12O2. The fourth-order valence-corrected chi connectivity index (χ4v) is 6.39. The van der Waals surface area contributed by atoms with Crippen LogP contribution < -0.4 is 24.8 Å². The van der Waals surface area contributed by atoms with Crippen LogP contribution >= 0.6 is 0 Å². The summed E-state index contributed by atoms with van der Waals surface area (Å²) in [6, 6.07) is 47.8. The molecule has 0 aliphatic heterocycles. The number of rotatable bonds is 3. The number of aromatic amines is 6. The molecule has 59 heavy (non-hydrogen) atoms. The molecule has 0 amide bonds. The van der Waals surface area contributed by atoms with E-state index >= 15 is 0 Å². The summed E-state index contributed by atoms with van der Waals surface area (Å²) in [6.45, 7) is 0. The van der Waals surface area contributed by atoms with E-state index in [1.807, 2.05) is 146 Å². The Labute approximate surface area is 357 Å². The van der Waals surface area contributed by atoms with E-state index in [-0.39, 0.29) is 52.5 Å². The summed E-state index contributed by atoms with van der Waals surface area (Å²) in [5, 5.41) is 0.